The molecule has 3 rings (SSSR count). The average Bonchev–Trinajstić information content (AvgIpc) is 3.14. The number of rotatable bonds is 9. The first-order chi connectivity index (χ1) is 15.0. The Morgan fingerprint density at radius 2 is 1.77 bits per heavy atom. The Kier molecular flexibility index (Phi) is 7.80. The van der Waals surface area contributed by atoms with Gasteiger partial charge in [-0.2, -0.15) is 0 Å². The molecule has 0 unspecified atom stereocenters. The zero-order chi connectivity index (χ0) is 22.2. The van der Waals surface area contributed by atoms with Gasteiger partial charge in [-0.1, -0.05) is 35.5 Å². The fraction of sp³-hybridized carbons (Fsp3) is 0.273. The van der Waals surface area contributed by atoms with Gasteiger partial charge in [0.25, 0.3) is 0 Å². The largest absolute Gasteiger partial charge is 0.383 e. The van der Waals surface area contributed by atoms with Gasteiger partial charge in [-0.15, -0.1) is 10.2 Å². The monoisotopic (exact) mass is 439 g/mol. The Morgan fingerprint density at radius 1 is 1.06 bits per heavy atom. The SMILES string of the molecule is COCCn1c(SCC(=O)Nc2ccc(NC(C)=O)cc2)nnc1-c1cccc(C)c1. The van der Waals surface area contributed by atoms with E-state index in [1.807, 2.05) is 29.7 Å². The second-order valence-corrected chi connectivity index (χ2v) is 7.86. The molecule has 3 aromatic rings. The number of aromatic nitrogens is 3. The lowest BCUT2D eigenvalue weighted by Crippen LogP contribution is -2.15. The van der Waals surface area contributed by atoms with Crippen LogP contribution in [0.15, 0.2) is 53.7 Å². The van der Waals surface area contributed by atoms with E-state index in [9.17, 15) is 9.59 Å². The Morgan fingerprint density at radius 3 is 2.42 bits per heavy atom. The minimum Gasteiger partial charge on any atom is -0.383 e. The van der Waals surface area contributed by atoms with E-state index in [1.54, 1.807) is 31.4 Å². The molecule has 1 aromatic heterocycles. The van der Waals surface area contributed by atoms with Crippen molar-refractivity contribution in [3.63, 3.8) is 0 Å². The molecule has 2 amide bonds. The summed E-state index contributed by atoms with van der Waals surface area (Å²) in [5, 5.41) is 14.8. The summed E-state index contributed by atoms with van der Waals surface area (Å²) in [6.45, 7) is 4.57. The van der Waals surface area contributed by atoms with Crippen molar-refractivity contribution in [1.82, 2.24) is 14.8 Å². The molecular formula is C22H25N5O3S. The molecular weight excluding hydrogens is 414 g/mol. The number of nitrogens with zero attached hydrogens (tertiary/aromatic N) is 3. The Labute approximate surface area is 185 Å². The van der Waals surface area contributed by atoms with Crippen molar-refractivity contribution in [2.75, 3.05) is 30.1 Å². The van der Waals surface area contributed by atoms with Crippen LogP contribution in [0.2, 0.25) is 0 Å². The summed E-state index contributed by atoms with van der Waals surface area (Å²) in [6.07, 6.45) is 0. The van der Waals surface area contributed by atoms with E-state index in [1.165, 1.54) is 18.7 Å². The van der Waals surface area contributed by atoms with Crippen molar-refractivity contribution in [2.24, 2.45) is 0 Å². The summed E-state index contributed by atoms with van der Waals surface area (Å²) >= 11 is 1.32. The van der Waals surface area contributed by atoms with E-state index >= 15 is 0 Å². The van der Waals surface area contributed by atoms with Crippen molar-refractivity contribution >= 4 is 35.0 Å². The highest BCUT2D eigenvalue weighted by Gasteiger charge is 2.16. The van der Waals surface area contributed by atoms with E-state index in [2.05, 4.69) is 26.9 Å². The molecule has 162 valence electrons. The zero-order valence-electron chi connectivity index (χ0n) is 17.7. The summed E-state index contributed by atoms with van der Waals surface area (Å²) in [5.41, 5.74) is 3.44. The number of carbonyl (C=O) groups excluding carboxylic acids is 2. The number of amides is 2. The van der Waals surface area contributed by atoms with Crippen LogP contribution in [0.25, 0.3) is 11.4 Å². The van der Waals surface area contributed by atoms with Gasteiger partial charge in [0.1, 0.15) is 0 Å². The predicted molar refractivity (Wildman–Crippen MR) is 122 cm³/mol. The first kappa shape index (κ1) is 22.5. The van der Waals surface area contributed by atoms with Gasteiger partial charge in [0, 0.05) is 31.0 Å². The molecule has 2 N–H and O–H groups in total. The minimum atomic E-state index is -0.157. The fourth-order valence-corrected chi connectivity index (χ4v) is 3.71. The topological polar surface area (TPSA) is 98.1 Å². The molecule has 2 aromatic carbocycles. The Bertz CT molecular complexity index is 1050. The van der Waals surface area contributed by atoms with Gasteiger partial charge in [0.05, 0.1) is 18.9 Å². The quantitative estimate of drug-likeness (QED) is 0.495. The van der Waals surface area contributed by atoms with Crippen LogP contribution in [-0.4, -0.2) is 46.0 Å². The van der Waals surface area contributed by atoms with Crippen LogP contribution in [0.5, 0.6) is 0 Å². The van der Waals surface area contributed by atoms with E-state index in [0.717, 1.165) is 17.0 Å². The van der Waals surface area contributed by atoms with E-state index in [0.29, 0.717) is 29.7 Å². The van der Waals surface area contributed by atoms with Crippen molar-refractivity contribution in [2.45, 2.75) is 25.5 Å². The van der Waals surface area contributed by atoms with Crippen LogP contribution >= 0.6 is 11.8 Å². The third-order valence-electron chi connectivity index (χ3n) is 4.33. The van der Waals surface area contributed by atoms with E-state index < -0.39 is 0 Å². The fourth-order valence-electron chi connectivity index (χ4n) is 2.94. The first-order valence-electron chi connectivity index (χ1n) is 9.75. The smallest absolute Gasteiger partial charge is 0.234 e. The molecule has 1 heterocycles. The van der Waals surface area contributed by atoms with E-state index in [-0.39, 0.29) is 17.6 Å². The van der Waals surface area contributed by atoms with Crippen LogP contribution in [0.3, 0.4) is 0 Å². The van der Waals surface area contributed by atoms with Gasteiger partial charge < -0.3 is 15.4 Å². The highest BCUT2D eigenvalue weighted by Crippen LogP contribution is 2.25. The molecule has 0 saturated carbocycles. The molecule has 0 aliphatic rings. The van der Waals surface area contributed by atoms with Crippen molar-refractivity contribution in [1.29, 1.82) is 0 Å². The third kappa shape index (κ3) is 6.40. The highest BCUT2D eigenvalue weighted by atomic mass is 32.2. The second kappa shape index (κ2) is 10.7. The third-order valence-corrected chi connectivity index (χ3v) is 5.30. The molecule has 9 heteroatoms. The number of hydrogen-bond donors (Lipinski definition) is 2. The lowest BCUT2D eigenvalue weighted by Gasteiger charge is -2.10. The number of methoxy groups -OCH3 is 1. The maximum absolute atomic E-state index is 12.4. The predicted octanol–water partition coefficient (Wildman–Crippen LogP) is 3.59. The number of nitrogens with one attached hydrogen (secondary N) is 2. The van der Waals surface area contributed by atoms with Gasteiger partial charge in [0.2, 0.25) is 11.8 Å². The zero-order valence-corrected chi connectivity index (χ0v) is 18.5. The molecule has 0 aliphatic heterocycles. The molecule has 0 atom stereocenters. The molecule has 8 nitrogen and oxygen atoms in total. The Hall–Kier alpha value is -3.17. The average molecular weight is 440 g/mol. The molecule has 0 spiro atoms. The second-order valence-electron chi connectivity index (χ2n) is 6.92. The molecule has 31 heavy (non-hydrogen) atoms. The molecule has 0 fully saturated rings. The number of aryl methyl sites for hydroxylation is 1. The number of carbonyl (C=O) groups is 2. The number of hydrogen-bond acceptors (Lipinski definition) is 6. The minimum absolute atomic E-state index is 0.143. The van der Waals surface area contributed by atoms with Crippen LogP contribution in [-0.2, 0) is 20.9 Å². The van der Waals surface area contributed by atoms with Gasteiger partial charge in [0.15, 0.2) is 11.0 Å². The molecule has 0 saturated heterocycles. The summed E-state index contributed by atoms with van der Waals surface area (Å²) in [4.78, 5) is 23.5. The van der Waals surface area contributed by atoms with Crippen LogP contribution in [0.1, 0.15) is 12.5 Å². The van der Waals surface area contributed by atoms with Gasteiger partial charge in [-0.25, -0.2) is 0 Å². The van der Waals surface area contributed by atoms with E-state index in [4.69, 9.17) is 4.74 Å². The van der Waals surface area contributed by atoms with Crippen LogP contribution in [0, 0.1) is 6.92 Å². The first-order valence-corrected chi connectivity index (χ1v) is 10.7. The molecule has 0 aliphatic carbocycles. The van der Waals surface area contributed by atoms with Crippen molar-refractivity contribution in [3.8, 4) is 11.4 Å². The molecule has 0 radical (unpaired) electrons. The summed E-state index contributed by atoms with van der Waals surface area (Å²) in [7, 11) is 1.65. The number of anilines is 2. The van der Waals surface area contributed by atoms with Crippen LogP contribution in [0.4, 0.5) is 11.4 Å². The normalized spacial score (nSPS) is 10.7. The molecule has 0 bridgehead atoms. The van der Waals surface area contributed by atoms with Crippen molar-refractivity contribution < 1.29 is 14.3 Å². The summed E-state index contributed by atoms with van der Waals surface area (Å²) in [6, 6.07) is 15.0. The maximum atomic E-state index is 12.4. The van der Waals surface area contributed by atoms with Gasteiger partial charge in [-0.05, 0) is 37.3 Å². The number of ether oxygens (including phenoxy) is 1. The van der Waals surface area contributed by atoms with Gasteiger partial charge >= 0.3 is 0 Å². The van der Waals surface area contributed by atoms with Gasteiger partial charge in [-0.3, -0.25) is 14.2 Å². The standard InChI is InChI=1S/C22H25N5O3S/c1-15-5-4-6-17(13-15)21-25-26-22(27(21)11-12-30-3)31-14-20(29)24-19-9-7-18(8-10-19)23-16(2)28/h4-10,13H,11-12,14H2,1-3H3,(H,23,28)(H,24,29). The highest BCUT2D eigenvalue weighted by molar-refractivity contribution is 7.99. The lowest BCUT2D eigenvalue weighted by atomic mass is 10.1. The summed E-state index contributed by atoms with van der Waals surface area (Å²) in [5.74, 6) is 0.635. The lowest BCUT2D eigenvalue weighted by molar-refractivity contribution is -0.114. The number of thioether (sulfide) groups is 1. The number of benzene rings is 2. The Balaban J connectivity index is 1.66. The summed E-state index contributed by atoms with van der Waals surface area (Å²) < 4.78 is 7.20. The maximum Gasteiger partial charge on any atom is 0.234 e. The van der Waals surface area contributed by atoms with Crippen molar-refractivity contribution in [3.05, 3.63) is 54.1 Å². The van der Waals surface area contributed by atoms with Crippen LogP contribution < -0.4 is 10.6 Å².